The van der Waals surface area contributed by atoms with Gasteiger partial charge in [0.15, 0.2) is 5.78 Å². The van der Waals surface area contributed by atoms with E-state index in [0.29, 0.717) is 0 Å². The van der Waals surface area contributed by atoms with Crippen molar-refractivity contribution in [2.24, 2.45) is 5.73 Å². The molecule has 0 radical (unpaired) electrons. The van der Waals surface area contributed by atoms with E-state index in [1.165, 1.54) is 6.07 Å². The zero-order valence-corrected chi connectivity index (χ0v) is 8.84. The predicted octanol–water partition coefficient (Wildman–Crippen LogP) is 1.83. The molecule has 0 bridgehead atoms. The Labute approximate surface area is 88.9 Å². The Kier molecular flexibility index (Phi) is 3.60. The summed E-state index contributed by atoms with van der Waals surface area (Å²) in [6, 6.07) is 2.28. The number of hydrogen-bond acceptors (Lipinski definition) is 3. The van der Waals surface area contributed by atoms with Crippen LogP contribution < -0.4 is 5.73 Å². The summed E-state index contributed by atoms with van der Waals surface area (Å²) in [5, 5.41) is 9.23. The lowest BCUT2D eigenvalue weighted by Gasteiger charge is -2.03. The van der Waals surface area contributed by atoms with Crippen LogP contribution in [0.25, 0.3) is 0 Å². The molecule has 0 saturated carbocycles. The molecule has 0 amide bonds. The SMILES string of the molecule is NCCC(=O)c1cc(O)c(Br)c(F)c1. The van der Waals surface area contributed by atoms with Crippen molar-refractivity contribution in [1.82, 2.24) is 0 Å². The quantitative estimate of drug-likeness (QED) is 0.817. The number of carbonyl (C=O) groups is 1. The minimum absolute atomic E-state index is 0.0400. The largest absolute Gasteiger partial charge is 0.507 e. The van der Waals surface area contributed by atoms with E-state index in [4.69, 9.17) is 5.73 Å². The van der Waals surface area contributed by atoms with Crippen LogP contribution in [-0.4, -0.2) is 17.4 Å². The van der Waals surface area contributed by atoms with Crippen LogP contribution >= 0.6 is 15.9 Å². The number of hydrogen-bond donors (Lipinski definition) is 2. The molecule has 1 rings (SSSR count). The van der Waals surface area contributed by atoms with Gasteiger partial charge >= 0.3 is 0 Å². The summed E-state index contributed by atoms with van der Waals surface area (Å²) < 4.78 is 13.0. The lowest BCUT2D eigenvalue weighted by atomic mass is 10.1. The summed E-state index contributed by atoms with van der Waals surface area (Å²) in [5.74, 6) is -1.23. The highest BCUT2D eigenvalue weighted by Gasteiger charge is 2.12. The van der Waals surface area contributed by atoms with Crippen LogP contribution in [0.3, 0.4) is 0 Å². The molecule has 3 N–H and O–H groups in total. The smallest absolute Gasteiger partial charge is 0.164 e. The van der Waals surface area contributed by atoms with Gasteiger partial charge in [-0.15, -0.1) is 0 Å². The van der Waals surface area contributed by atoms with Gasteiger partial charge in [-0.3, -0.25) is 4.79 Å². The molecule has 0 aliphatic heterocycles. The molecule has 0 aromatic heterocycles. The summed E-state index contributed by atoms with van der Waals surface area (Å²) in [4.78, 5) is 11.3. The van der Waals surface area contributed by atoms with Gasteiger partial charge < -0.3 is 10.8 Å². The van der Waals surface area contributed by atoms with Crippen molar-refractivity contribution < 1.29 is 14.3 Å². The Morgan fingerprint density at radius 1 is 1.57 bits per heavy atom. The van der Waals surface area contributed by atoms with Crippen LogP contribution in [0.4, 0.5) is 4.39 Å². The Bertz CT molecular complexity index is 345. The van der Waals surface area contributed by atoms with Crippen molar-refractivity contribution in [3.63, 3.8) is 0 Å². The maximum Gasteiger partial charge on any atom is 0.164 e. The third kappa shape index (κ3) is 2.30. The molecule has 0 heterocycles. The number of nitrogens with two attached hydrogens (primary N) is 1. The Hall–Kier alpha value is -0.940. The van der Waals surface area contributed by atoms with E-state index >= 15 is 0 Å². The highest BCUT2D eigenvalue weighted by Crippen LogP contribution is 2.28. The van der Waals surface area contributed by atoms with Crippen LogP contribution in [-0.2, 0) is 0 Å². The van der Waals surface area contributed by atoms with E-state index in [0.717, 1.165) is 6.07 Å². The number of phenolic OH excluding ortho intramolecular Hbond substituents is 1. The second-order valence-corrected chi connectivity index (χ2v) is 3.55. The lowest BCUT2D eigenvalue weighted by molar-refractivity contribution is 0.0984. The summed E-state index contributed by atoms with van der Waals surface area (Å²) in [7, 11) is 0. The number of carbonyl (C=O) groups excluding carboxylic acids is 1. The fourth-order valence-corrected chi connectivity index (χ4v) is 1.24. The fourth-order valence-electron chi connectivity index (χ4n) is 1.01. The minimum Gasteiger partial charge on any atom is -0.507 e. The first-order chi connectivity index (χ1) is 6.56. The van der Waals surface area contributed by atoms with Gasteiger partial charge in [0.2, 0.25) is 0 Å². The van der Waals surface area contributed by atoms with Gasteiger partial charge in [-0.05, 0) is 34.6 Å². The molecule has 14 heavy (non-hydrogen) atoms. The molecule has 1 aromatic carbocycles. The number of Topliss-reactive ketones (excluding diaryl/α,β-unsaturated/α-hetero) is 1. The molecule has 0 saturated heterocycles. The van der Waals surface area contributed by atoms with E-state index < -0.39 is 5.82 Å². The molecule has 0 unspecified atom stereocenters. The van der Waals surface area contributed by atoms with Crippen LogP contribution in [0, 0.1) is 5.82 Å². The van der Waals surface area contributed by atoms with Crippen LogP contribution in [0.5, 0.6) is 5.75 Å². The first-order valence-electron chi connectivity index (χ1n) is 3.97. The van der Waals surface area contributed by atoms with Gasteiger partial charge in [0.25, 0.3) is 0 Å². The van der Waals surface area contributed by atoms with E-state index in [1.807, 2.05) is 0 Å². The highest BCUT2D eigenvalue weighted by molar-refractivity contribution is 9.10. The van der Waals surface area contributed by atoms with Gasteiger partial charge in [0, 0.05) is 12.0 Å². The fraction of sp³-hybridized carbons (Fsp3) is 0.222. The molecule has 3 nitrogen and oxygen atoms in total. The molecule has 76 valence electrons. The molecule has 0 aliphatic rings. The van der Waals surface area contributed by atoms with E-state index in [2.05, 4.69) is 15.9 Å². The van der Waals surface area contributed by atoms with E-state index in [1.54, 1.807) is 0 Å². The van der Waals surface area contributed by atoms with E-state index in [-0.39, 0.29) is 34.5 Å². The molecule has 0 spiro atoms. The molecule has 0 fully saturated rings. The van der Waals surface area contributed by atoms with Crippen molar-refractivity contribution in [2.45, 2.75) is 6.42 Å². The zero-order valence-electron chi connectivity index (χ0n) is 7.26. The third-order valence-electron chi connectivity index (χ3n) is 1.70. The topological polar surface area (TPSA) is 63.3 Å². The molecule has 1 aromatic rings. The summed E-state index contributed by atoms with van der Waals surface area (Å²) in [6.07, 6.45) is 0.139. The van der Waals surface area contributed by atoms with Crippen molar-refractivity contribution >= 4 is 21.7 Å². The molecule has 0 atom stereocenters. The maximum absolute atomic E-state index is 13.1. The van der Waals surface area contributed by atoms with E-state index in [9.17, 15) is 14.3 Å². The Morgan fingerprint density at radius 2 is 2.21 bits per heavy atom. The average Bonchev–Trinajstić information content (AvgIpc) is 2.13. The second kappa shape index (κ2) is 4.52. The minimum atomic E-state index is -0.662. The summed E-state index contributed by atoms with van der Waals surface area (Å²) in [6.45, 7) is 0.206. The van der Waals surface area contributed by atoms with Crippen LogP contribution in [0.15, 0.2) is 16.6 Å². The van der Waals surface area contributed by atoms with Crippen molar-refractivity contribution in [3.05, 3.63) is 28.0 Å². The predicted molar refractivity (Wildman–Crippen MR) is 53.8 cm³/mol. The number of ketones is 1. The number of rotatable bonds is 3. The maximum atomic E-state index is 13.1. The number of phenols is 1. The third-order valence-corrected chi connectivity index (χ3v) is 2.49. The number of halogens is 2. The molecular formula is C9H9BrFNO2. The van der Waals surface area contributed by atoms with Gasteiger partial charge in [-0.2, -0.15) is 0 Å². The monoisotopic (exact) mass is 261 g/mol. The normalized spacial score (nSPS) is 10.2. The average molecular weight is 262 g/mol. The summed E-state index contributed by atoms with van der Waals surface area (Å²) >= 11 is 2.84. The standard InChI is InChI=1S/C9H9BrFNO2/c10-9-6(11)3-5(4-8(9)14)7(13)1-2-12/h3-4,14H,1-2,12H2. The molecular weight excluding hydrogens is 253 g/mol. The van der Waals surface area contributed by atoms with Crippen molar-refractivity contribution in [2.75, 3.05) is 6.54 Å². The Balaban J connectivity index is 3.06. The first kappa shape index (κ1) is 11.1. The number of aromatic hydroxyl groups is 1. The summed E-state index contributed by atoms with van der Waals surface area (Å²) in [5.41, 5.74) is 5.32. The zero-order chi connectivity index (χ0) is 10.7. The second-order valence-electron chi connectivity index (χ2n) is 2.75. The van der Waals surface area contributed by atoms with Crippen LogP contribution in [0.2, 0.25) is 0 Å². The van der Waals surface area contributed by atoms with Gasteiger partial charge in [-0.25, -0.2) is 4.39 Å². The first-order valence-corrected chi connectivity index (χ1v) is 4.77. The van der Waals surface area contributed by atoms with Crippen molar-refractivity contribution in [1.29, 1.82) is 0 Å². The van der Waals surface area contributed by atoms with Gasteiger partial charge in [0.05, 0.1) is 4.47 Å². The van der Waals surface area contributed by atoms with Gasteiger partial charge in [-0.1, -0.05) is 0 Å². The molecule has 0 aliphatic carbocycles. The Morgan fingerprint density at radius 3 is 2.71 bits per heavy atom. The number of benzene rings is 1. The van der Waals surface area contributed by atoms with Gasteiger partial charge in [0.1, 0.15) is 11.6 Å². The highest BCUT2D eigenvalue weighted by atomic mass is 79.9. The lowest BCUT2D eigenvalue weighted by Crippen LogP contribution is -2.08. The van der Waals surface area contributed by atoms with Crippen molar-refractivity contribution in [3.8, 4) is 5.75 Å². The van der Waals surface area contributed by atoms with Crippen LogP contribution in [0.1, 0.15) is 16.8 Å². The molecule has 5 heteroatoms.